The van der Waals surface area contributed by atoms with E-state index in [9.17, 15) is 8.42 Å². The molecule has 0 spiro atoms. The second-order valence-corrected chi connectivity index (χ2v) is 5.90. The quantitative estimate of drug-likeness (QED) is 0.735. The van der Waals surface area contributed by atoms with Crippen molar-refractivity contribution in [3.63, 3.8) is 0 Å². The summed E-state index contributed by atoms with van der Waals surface area (Å²) < 4.78 is 31.2. The highest BCUT2D eigenvalue weighted by Gasteiger charge is 2.10. The minimum atomic E-state index is -3.27. The fourth-order valence-corrected chi connectivity index (χ4v) is 2.72. The molecule has 0 radical (unpaired) electrons. The van der Waals surface area contributed by atoms with Crippen LogP contribution in [-0.4, -0.2) is 34.9 Å². The van der Waals surface area contributed by atoms with Gasteiger partial charge in [-0.25, -0.2) is 8.42 Å². The number of hydrogen-bond donors (Lipinski definition) is 2. The lowest BCUT2D eigenvalue weighted by molar-refractivity contribution is 0.412. The molecule has 0 saturated heterocycles. The lowest BCUT2D eigenvalue weighted by Crippen LogP contribution is -2.20. The average molecular weight is 272 g/mol. The minimum absolute atomic E-state index is 0.110. The number of anilines is 1. The van der Waals surface area contributed by atoms with Gasteiger partial charge < -0.3 is 10.1 Å². The summed E-state index contributed by atoms with van der Waals surface area (Å²) in [6, 6.07) is 5.21. The van der Waals surface area contributed by atoms with Crippen LogP contribution in [-0.2, 0) is 10.0 Å². The molecule has 1 rings (SSSR count). The van der Waals surface area contributed by atoms with Crippen LogP contribution < -0.4 is 14.8 Å². The Bertz CT molecular complexity index is 486. The van der Waals surface area contributed by atoms with Gasteiger partial charge in [-0.3, -0.25) is 4.72 Å². The van der Waals surface area contributed by atoms with Gasteiger partial charge in [-0.05, 0) is 50.7 Å². The number of sulfonamides is 1. The van der Waals surface area contributed by atoms with Crippen molar-refractivity contribution in [1.82, 2.24) is 5.32 Å². The normalized spacial score (nSPS) is 11.3. The third-order valence-electron chi connectivity index (χ3n) is 2.51. The number of methoxy groups -OCH3 is 1. The molecule has 0 atom stereocenters. The number of hydrogen-bond acceptors (Lipinski definition) is 4. The van der Waals surface area contributed by atoms with Crippen LogP contribution >= 0.6 is 0 Å². The molecule has 0 heterocycles. The zero-order valence-electron chi connectivity index (χ0n) is 11.0. The molecular formula is C12H20N2O3S. The van der Waals surface area contributed by atoms with Gasteiger partial charge in [0.25, 0.3) is 0 Å². The van der Waals surface area contributed by atoms with Gasteiger partial charge in [-0.15, -0.1) is 0 Å². The molecule has 0 fully saturated rings. The van der Waals surface area contributed by atoms with E-state index in [1.165, 1.54) is 0 Å². The topological polar surface area (TPSA) is 67.4 Å². The number of benzene rings is 1. The molecule has 2 N–H and O–H groups in total. The standard InChI is InChI=1S/C12H20N2O3S/c1-10-9-11(5-6-12(10)17-3)14-18(15,16)8-4-7-13-2/h5-6,9,13-14H,4,7-8H2,1-3H3. The molecular weight excluding hydrogens is 252 g/mol. The molecule has 0 saturated carbocycles. The number of nitrogens with one attached hydrogen (secondary N) is 2. The van der Waals surface area contributed by atoms with E-state index in [-0.39, 0.29) is 5.75 Å². The zero-order chi connectivity index (χ0) is 13.6. The molecule has 18 heavy (non-hydrogen) atoms. The van der Waals surface area contributed by atoms with Gasteiger partial charge in [-0.2, -0.15) is 0 Å². The lowest BCUT2D eigenvalue weighted by atomic mass is 10.2. The van der Waals surface area contributed by atoms with Gasteiger partial charge in [0.2, 0.25) is 10.0 Å². The molecule has 0 aliphatic carbocycles. The van der Waals surface area contributed by atoms with Crippen LogP contribution in [0.25, 0.3) is 0 Å². The van der Waals surface area contributed by atoms with Crippen LogP contribution in [0.1, 0.15) is 12.0 Å². The summed E-state index contributed by atoms with van der Waals surface area (Å²) in [7, 11) is 0.112. The van der Waals surface area contributed by atoms with Gasteiger partial charge in [0.05, 0.1) is 12.9 Å². The zero-order valence-corrected chi connectivity index (χ0v) is 11.8. The van der Waals surface area contributed by atoms with Crippen molar-refractivity contribution >= 4 is 15.7 Å². The molecule has 0 aromatic heterocycles. The van der Waals surface area contributed by atoms with E-state index in [4.69, 9.17) is 4.74 Å². The first-order chi connectivity index (χ1) is 8.48. The van der Waals surface area contributed by atoms with Crippen LogP contribution in [0.2, 0.25) is 0 Å². The van der Waals surface area contributed by atoms with Crippen molar-refractivity contribution < 1.29 is 13.2 Å². The fourth-order valence-electron chi connectivity index (χ4n) is 1.61. The Labute approximate surface area is 109 Å². The molecule has 1 aromatic rings. The van der Waals surface area contributed by atoms with E-state index in [1.54, 1.807) is 32.4 Å². The predicted octanol–water partition coefficient (Wildman–Crippen LogP) is 1.35. The highest BCUT2D eigenvalue weighted by molar-refractivity contribution is 7.92. The number of aryl methyl sites for hydroxylation is 1. The molecule has 6 heteroatoms. The summed E-state index contributed by atoms with van der Waals surface area (Å²) in [4.78, 5) is 0. The van der Waals surface area contributed by atoms with Gasteiger partial charge in [-0.1, -0.05) is 0 Å². The highest BCUT2D eigenvalue weighted by Crippen LogP contribution is 2.22. The number of ether oxygens (including phenoxy) is 1. The molecule has 0 amide bonds. The van der Waals surface area contributed by atoms with Gasteiger partial charge in [0, 0.05) is 5.69 Å². The van der Waals surface area contributed by atoms with Crippen molar-refractivity contribution in [3.8, 4) is 5.75 Å². The molecule has 0 unspecified atom stereocenters. The van der Waals surface area contributed by atoms with Crippen LogP contribution in [0.15, 0.2) is 18.2 Å². The smallest absolute Gasteiger partial charge is 0.232 e. The molecule has 5 nitrogen and oxygen atoms in total. The van der Waals surface area contributed by atoms with E-state index in [2.05, 4.69) is 10.0 Å². The average Bonchev–Trinajstić information content (AvgIpc) is 2.29. The molecule has 102 valence electrons. The monoisotopic (exact) mass is 272 g/mol. The summed E-state index contributed by atoms with van der Waals surface area (Å²) in [5.74, 6) is 0.854. The molecule has 0 aliphatic heterocycles. The largest absolute Gasteiger partial charge is 0.496 e. The molecule has 1 aromatic carbocycles. The Hall–Kier alpha value is -1.27. The summed E-state index contributed by atoms with van der Waals surface area (Å²) in [6.45, 7) is 2.56. The Morgan fingerprint density at radius 1 is 1.33 bits per heavy atom. The van der Waals surface area contributed by atoms with E-state index in [0.717, 1.165) is 11.3 Å². The maximum atomic E-state index is 11.8. The fraction of sp³-hybridized carbons (Fsp3) is 0.500. The Morgan fingerprint density at radius 2 is 2.06 bits per heavy atom. The first-order valence-corrected chi connectivity index (χ1v) is 7.43. The maximum absolute atomic E-state index is 11.8. The second-order valence-electron chi connectivity index (χ2n) is 4.06. The van der Waals surface area contributed by atoms with Gasteiger partial charge in [0.1, 0.15) is 5.75 Å². The summed E-state index contributed by atoms with van der Waals surface area (Å²) >= 11 is 0. The van der Waals surface area contributed by atoms with Crippen LogP contribution in [0.5, 0.6) is 5.75 Å². The third kappa shape index (κ3) is 4.54. The minimum Gasteiger partial charge on any atom is -0.496 e. The molecule has 0 bridgehead atoms. The van der Waals surface area contributed by atoms with Crippen molar-refractivity contribution in [2.45, 2.75) is 13.3 Å². The Balaban J connectivity index is 2.69. The van der Waals surface area contributed by atoms with E-state index >= 15 is 0 Å². The Kier molecular flexibility index (Phi) is 5.43. The van der Waals surface area contributed by atoms with Crippen molar-refractivity contribution in [2.24, 2.45) is 0 Å². The summed E-state index contributed by atoms with van der Waals surface area (Å²) in [5, 5.41) is 2.92. The van der Waals surface area contributed by atoms with Gasteiger partial charge >= 0.3 is 0 Å². The summed E-state index contributed by atoms with van der Waals surface area (Å²) in [6.07, 6.45) is 0.584. The SMILES string of the molecule is CNCCCS(=O)(=O)Nc1ccc(OC)c(C)c1. The summed E-state index contributed by atoms with van der Waals surface area (Å²) in [5.41, 5.74) is 1.46. The van der Waals surface area contributed by atoms with E-state index in [0.29, 0.717) is 18.7 Å². The maximum Gasteiger partial charge on any atom is 0.232 e. The lowest BCUT2D eigenvalue weighted by Gasteiger charge is -2.10. The van der Waals surface area contributed by atoms with Crippen molar-refractivity contribution in [1.29, 1.82) is 0 Å². The van der Waals surface area contributed by atoms with Crippen LogP contribution in [0.4, 0.5) is 5.69 Å². The van der Waals surface area contributed by atoms with Crippen molar-refractivity contribution in [3.05, 3.63) is 23.8 Å². The van der Waals surface area contributed by atoms with Gasteiger partial charge in [0.15, 0.2) is 0 Å². The first kappa shape index (κ1) is 14.8. The van der Waals surface area contributed by atoms with E-state index in [1.807, 2.05) is 6.92 Å². The second kappa shape index (κ2) is 6.61. The van der Waals surface area contributed by atoms with Crippen LogP contribution in [0.3, 0.4) is 0 Å². The predicted molar refractivity (Wildman–Crippen MR) is 73.7 cm³/mol. The van der Waals surface area contributed by atoms with Crippen LogP contribution in [0, 0.1) is 6.92 Å². The third-order valence-corrected chi connectivity index (χ3v) is 3.88. The molecule has 0 aliphatic rings. The van der Waals surface area contributed by atoms with Crippen molar-refractivity contribution in [2.75, 3.05) is 31.2 Å². The number of rotatable bonds is 7. The first-order valence-electron chi connectivity index (χ1n) is 5.78. The highest BCUT2D eigenvalue weighted by atomic mass is 32.2. The van der Waals surface area contributed by atoms with E-state index < -0.39 is 10.0 Å². The Morgan fingerprint density at radius 3 is 2.61 bits per heavy atom.